The van der Waals surface area contributed by atoms with Crippen molar-refractivity contribution in [1.29, 1.82) is 0 Å². The summed E-state index contributed by atoms with van der Waals surface area (Å²) in [6.45, 7) is 4.68. The maximum absolute atomic E-state index is 12.4. The summed E-state index contributed by atoms with van der Waals surface area (Å²) in [6, 6.07) is 15.8. The van der Waals surface area contributed by atoms with Crippen molar-refractivity contribution in [2.75, 3.05) is 12.4 Å². The quantitative estimate of drug-likeness (QED) is 0.865. The van der Waals surface area contributed by atoms with Crippen molar-refractivity contribution in [2.24, 2.45) is 0 Å². The summed E-state index contributed by atoms with van der Waals surface area (Å²) >= 11 is 3.49. The van der Waals surface area contributed by atoms with Crippen LogP contribution in [0.4, 0.5) is 5.69 Å². The molecule has 3 nitrogen and oxygen atoms in total. The molecule has 116 valence electrons. The van der Waals surface area contributed by atoms with E-state index in [1.807, 2.05) is 62.2 Å². The summed E-state index contributed by atoms with van der Waals surface area (Å²) in [7, 11) is 1.96. The number of carbonyl (C=O) groups is 1. The first-order valence-electron chi connectivity index (χ1n) is 7.28. The van der Waals surface area contributed by atoms with Gasteiger partial charge in [0.1, 0.15) is 0 Å². The number of hydrogen-bond acceptors (Lipinski definition) is 2. The largest absolute Gasteiger partial charge is 0.324 e. The van der Waals surface area contributed by atoms with Crippen molar-refractivity contribution in [3.63, 3.8) is 0 Å². The minimum atomic E-state index is -0.214. The number of amides is 1. The number of nitrogens with one attached hydrogen (secondary N) is 1. The molecule has 2 aromatic rings. The molecule has 0 aliphatic carbocycles. The number of aryl methyl sites for hydroxylation is 1. The molecule has 0 radical (unpaired) electrons. The molecule has 0 heterocycles. The predicted octanol–water partition coefficient (Wildman–Crippen LogP) is 4.22. The fourth-order valence-corrected chi connectivity index (χ4v) is 2.76. The molecule has 0 unspecified atom stereocenters. The van der Waals surface area contributed by atoms with E-state index in [4.69, 9.17) is 0 Å². The van der Waals surface area contributed by atoms with Crippen LogP contribution in [-0.4, -0.2) is 23.9 Å². The molecular formula is C18H21BrN2O. The molecule has 2 aromatic carbocycles. The monoisotopic (exact) mass is 360 g/mol. The van der Waals surface area contributed by atoms with Crippen LogP contribution in [0, 0.1) is 6.92 Å². The molecule has 22 heavy (non-hydrogen) atoms. The van der Waals surface area contributed by atoms with Gasteiger partial charge in [0.15, 0.2) is 0 Å². The number of anilines is 1. The lowest BCUT2D eigenvalue weighted by molar-refractivity contribution is -0.120. The van der Waals surface area contributed by atoms with Gasteiger partial charge in [-0.3, -0.25) is 9.69 Å². The fourth-order valence-electron chi connectivity index (χ4n) is 2.17. The molecule has 0 fully saturated rings. The molecule has 0 aromatic heterocycles. The summed E-state index contributed by atoms with van der Waals surface area (Å²) in [5.74, 6) is -0.0111. The third kappa shape index (κ3) is 4.42. The van der Waals surface area contributed by atoms with Gasteiger partial charge in [0.05, 0.1) is 11.7 Å². The molecule has 0 aliphatic rings. The van der Waals surface area contributed by atoms with Gasteiger partial charge in [-0.1, -0.05) is 36.4 Å². The molecule has 1 amide bonds. The van der Waals surface area contributed by atoms with Gasteiger partial charge in [-0.05, 0) is 60.1 Å². The second-order valence-corrected chi connectivity index (χ2v) is 6.40. The Morgan fingerprint density at radius 3 is 2.55 bits per heavy atom. The van der Waals surface area contributed by atoms with E-state index in [9.17, 15) is 4.79 Å². The highest BCUT2D eigenvalue weighted by Gasteiger charge is 2.18. The summed E-state index contributed by atoms with van der Waals surface area (Å²) in [5, 5.41) is 2.98. The molecule has 0 spiro atoms. The van der Waals surface area contributed by atoms with Crippen molar-refractivity contribution < 1.29 is 4.79 Å². The number of likely N-dealkylation sites (N-methyl/N-ethyl adjacent to an activating group) is 1. The van der Waals surface area contributed by atoms with Crippen LogP contribution < -0.4 is 5.32 Å². The molecule has 2 rings (SSSR count). The van der Waals surface area contributed by atoms with E-state index < -0.39 is 0 Å². The Morgan fingerprint density at radius 1 is 1.23 bits per heavy atom. The Morgan fingerprint density at radius 2 is 1.91 bits per heavy atom. The summed E-state index contributed by atoms with van der Waals surface area (Å²) < 4.78 is 0.902. The fraction of sp³-hybridized carbons (Fsp3) is 0.278. The minimum absolute atomic E-state index is 0.0111. The zero-order chi connectivity index (χ0) is 16.1. The number of carbonyl (C=O) groups excluding carboxylic acids is 1. The van der Waals surface area contributed by atoms with Gasteiger partial charge in [0.25, 0.3) is 0 Å². The molecule has 1 atom stereocenters. The van der Waals surface area contributed by atoms with Crippen LogP contribution in [0.25, 0.3) is 0 Å². The average Bonchev–Trinajstić information content (AvgIpc) is 2.50. The highest BCUT2D eigenvalue weighted by Crippen LogP contribution is 2.23. The van der Waals surface area contributed by atoms with Crippen molar-refractivity contribution in [3.8, 4) is 0 Å². The summed E-state index contributed by atoms with van der Waals surface area (Å²) in [5.41, 5.74) is 3.15. The van der Waals surface area contributed by atoms with Crippen molar-refractivity contribution in [3.05, 3.63) is 64.1 Å². The lowest BCUT2D eigenvalue weighted by Gasteiger charge is -2.24. The van der Waals surface area contributed by atoms with E-state index in [1.165, 1.54) is 5.56 Å². The van der Waals surface area contributed by atoms with Crippen LogP contribution in [-0.2, 0) is 11.3 Å². The Labute approximate surface area is 140 Å². The Bertz CT molecular complexity index is 643. The van der Waals surface area contributed by atoms with Gasteiger partial charge in [-0.25, -0.2) is 0 Å². The van der Waals surface area contributed by atoms with Gasteiger partial charge in [-0.2, -0.15) is 0 Å². The summed E-state index contributed by atoms with van der Waals surface area (Å²) in [4.78, 5) is 14.4. The third-order valence-corrected chi connectivity index (χ3v) is 4.35. The molecular weight excluding hydrogens is 340 g/mol. The molecule has 0 bridgehead atoms. The topological polar surface area (TPSA) is 32.3 Å². The highest BCUT2D eigenvalue weighted by molar-refractivity contribution is 9.10. The first kappa shape index (κ1) is 16.7. The number of rotatable bonds is 5. The van der Waals surface area contributed by atoms with Gasteiger partial charge in [0, 0.05) is 11.0 Å². The first-order valence-corrected chi connectivity index (χ1v) is 8.08. The molecule has 0 saturated heterocycles. The SMILES string of the molecule is Cc1ccc(NC(=O)[C@H](C)N(C)Cc2ccccc2)c(Br)c1. The Kier molecular flexibility index (Phi) is 5.75. The maximum Gasteiger partial charge on any atom is 0.241 e. The molecule has 0 aliphatic heterocycles. The number of halogens is 1. The molecule has 4 heteroatoms. The van der Waals surface area contributed by atoms with Crippen molar-refractivity contribution in [1.82, 2.24) is 4.90 Å². The van der Waals surface area contributed by atoms with Crippen molar-refractivity contribution >= 4 is 27.5 Å². The zero-order valence-corrected chi connectivity index (χ0v) is 14.7. The van der Waals surface area contributed by atoms with Crippen LogP contribution in [0.2, 0.25) is 0 Å². The molecule has 1 N–H and O–H groups in total. The molecule has 0 saturated carbocycles. The standard InChI is InChI=1S/C18H21BrN2O/c1-13-9-10-17(16(19)11-13)20-18(22)14(2)21(3)12-15-7-5-4-6-8-15/h4-11,14H,12H2,1-3H3,(H,20,22)/t14-/m0/s1. The predicted molar refractivity (Wildman–Crippen MR) is 94.9 cm³/mol. The van der Waals surface area contributed by atoms with Gasteiger partial charge < -0.3 is 5.32 Å². The second-order valence-electron chi connectivity index (χ2n) is 5.55. The summed E-state index contributed by atoms with van der Waals surface area (Å²) in [6.07, 6.45) is 0. The second kappa shape index (κ2) is 7.56. The van der Waals surface area contributed by atoms with E-state index in [2.05, 4.69) is 33.4 Å². The Hall–Kier alpha value is -1.65. The van der Waals surface area contributed by atoms with Crippen LogP contribution in [0.3, 0.4) is 0 Å². The van der Waals surface area contributed by atoms with E-state index in [1.54, 1.807) is 0 Å². The van der Waals surface area contributed by atoms with Crippen molar-refractivity contribution in [2.45, 2.75) is 26.4 Å². The van der Waals surface area contributed by atoms with E-state index >= 15 is 0 Å². The number of hydrogen-bond donors (Lipinski definition) is 1. The van der Waals surface area contributed by atoms with E-state index in [-0.39, 0.29) is 11.9 Å². The van der Waals surface area contributed by atoms with E-state index in [0.29, 0.717) is 0 Å². The van der Waals surface area contributed by atoms with Gasteiger partial charge >= 0.3 is 0 Å². The van der Waals surface area contributed by atoms with Crippen LogP contribution >= 0.6 is 15.9 Å². The lowest BCUT2D eigenvalue weighted by atomic mass is 10.2. The number of benzene rings is 2. The lowest BCUT2D eigenvalue weighted by Crippen LogP contribution is -2.39. The number of nitrogens with zero attached hydrogens (tertiary/aromatic N) is 1. The normalized spacial score (nSPS) is 12.2. The maximum atomic E-state index is 12.4. The smallest absolute Gasteiger partial charge is 0.241 e. The highest BCUT2D eigenvalue weighted by atomic mass is 79.9. The van der Waals surface area contributed by atoms with Crippen LogP contribution in [0.15, 0.2) is 53.0 Å². The average molecular weight is 361 g/mol. The van der Waals surface area contributed by atoms with Gasteiger partial charge in [-0.15, -0.1) is 0 Å². The first-order chi connectivity index (χ1) is 10.5. The third-order valence-electron chi connectivity index (χ3n) is 3.70. The minimum Gasteiger partial charge on any atom is -0.324 e. The van der Waals surface area contributed by atoms with E-state index in [0.717, 1.165) is 22.3 Å². The van der Waals surface area contributed by atoms with Gasteiger partial charge in [0.2, 0.25) is 5.91 Å². The van der Waals surface area contributed by atoms with Crippen LogP contribution in [0.1, 0.15) is 18.1 Å². The van der Waals surface area contributed by atoms with Crippen LogP contribution in [0.5, 0.6) is 0 Å². The Balaban J connectivity index is 1.99. The zero-order valence-electron chi connectivity index (χ0n) is 13.1.